The Morgan fingerprint density at radius 2 is 1.87 bits per heavy atom. The van der Waals surface area contributed by atoms with Crippen molar-refractivity contribution in [1.82, 2.24) is 10.3 Å². The quantitative estimate of drug-likeness (QED) is 0.765. The van der Waals surface area contributed by atoms with Crippen LogP contribution in [0.2, 0.25) is 0 Å². The zero-order valence-corrected chi connectivity index (χ0v) is 14.0. The molecule has 2 N–H and O–H groups in total. The number of rotatable bonds is 4. The van der Waals surface area contributed by atoms with Crippen molar-refractivity contribution in [3.63, 3.8) is 0 Å². The van der Waals surface area contributed by atoms with Gasteiger partial charge in [0.1, 0.15) is 0 Å². The summed E-state index contributed by atoms with van der Waals surface area (Å²) in [4.78, 5) is 14.1. The molecule has 0 aliphatic carbocycles. The van der Waals surface area contributed by atoms with E-state index >= 15 is 0 Å². The lowest BCUT2D eigenvalue weighted by Gasteiger charge is -2.09. The molecule has 2 aromatic carbocycles. The number of amides is 1. The number of halogens is 1. The SMILES string of the molecule is O=C(NNS(=O)(=O)c1cccc(Br)c1)c1ccc2c(c1)OCO2. The van der Waals surface area contributed by atoms with E-state index in [1.54, 1.807) is 18.2 Å². The number of fused-ring (bicyclic) bond motifs is 1. The van der Waals surface area contributed by atoms with Crippen LogP contribution >= 0.6 is 15.9 Å². The van der Waals surface area contributed by atoms with Crippen molar-refractivity contribution in [2.75, 3.05) is 6.79 Å². The maximum Gasteiger partial charge on any atom is 0.266 e. The second-order valence-corrected chi connectivity index (χ2v) is 7.18. The number of carbonyl (C=O) groups excluding carboxylic acids is 1. The Hall–Kier alpha value is -2.10. The van der Waals surface area contributed by atoms with Crippen LogP contribution in [0.4, 0.5) is 0 Å². The van der Waals surface area contributed by atoms with Crippen LogP contribution in [0, 0.1) is 0 Å². The number of sulfonamides is 1. The molecule has 0 atom stereocenters. The van der Waals surface area contributed by atoms with Crippen molar-refractivity contribution in [3.05, 3.63) is 52.5 Å². The van der Waals surface area contributed by atoms with Gasteiger partial charge in [0, 0.05) is 10.0 Å². The summed E-state index contributed by atoms with van der Waals surface area (Å²) >= 11 is 3.19. The molecule has 2 aromatic rings. The van der Waals surface area contributed by atoms with Crippen LogP contribution in [-0.4, -0.2) is 21.1 Å². The molecule has 0 aromatic heterocycles. The lowest BCUT2D eigenvalue weighted by Crippen LogP contribution is -2.41. The highest BCUT2D eigenvalue weighted by molar-refractivity contribution is 9.10. The topological polar surface area (TPSA) is 93.7 Å². The molecule has 1 aliphatic heterocycles. The Morgan fingerprint density at radius 1 is 1.09 bits per heavy atom. The number of hydrogen-bond acceptors (Lipinski definition) is 5. The van der Waals surface area contributed by atoms with Gasteiger partial charge in [0.2, 0.25) is 6.79 Å². The predicted octanol–water partition coefficient (Wildman–Crippen LogP) is 1.80. The minimum atomic E-state index is -3.87. The number of nitrogens with one attached hydrogen (secondary N) is 2. The van der Waals surface area contributed by atoms with E-state index in [1.165, 1.54) is 24.3 Å². The van der Waals surface area contributed by atoms with Gasteiger partial charge in [-0.05, 0) is 36.4 Å². The molecule has 7 nitrogen and oxygen atoms in total. The maximum absolute atomic E-state index is 12.1. The van der Waals surface area contributed by atoms with Crippen molar-refractivity contribution in [1.29, 1.82) is 0 Å². The van der Waals surface area contributed by atoms with E-state index < -0.39 is 15.9 Å². The van der Waals surface area contributed by atoms with E-state index in [0.717, 1.165) is 0 Å². The highest BCUT2D eigenvalue weighted by Gasteiger charge is 2.19. The first-order valence-corrected chi connectivity index (χ1v) is 8.71. The van der Waals surface area contributed by atoms with E-state index in [4.69, 9.17) is 9.47 Å². The average Bonchev–Trinajstić information content (AvgIpc) is 3.00. The summed E-state index contributed by atoms with van der Waals surface area (Å²) < 4.78 is 35.2. The van der Waals surface area contributed by atoms with Gasteiger partial charge in [-0.25, -0.2) is 8.42 Å². The minimum absolute atomic E-state index is 0.0258. The summed E-state index contributed by atoms with van der Waals surface area (Å²) in [5.74, 6) is 0.366. The van der Waals surface area contributed by atoms with Gasteiger partial charge < -0.3 is 9.47 Å². The number of ether oxygens (including phenoxy) is 2. The van der Waals surface area contributed by atoms with Gasteiger partial charge in [-0.3, -0.25) is 10.2 Å². The van der Waals surface area contributed by atoms with Crippen molar-refractivity contribution in [2.24, 2.45) is 0 Å². The van der Waals surface area contributed by atoms with Crippen molar-refractivity contribution >= 4 is 31.9 Å². The Bertz CT molecular complexity index is 869. The number of benzene rings is 2. The molecule has 0 unspecified atom stereocenters. The molecule has 3 rings (SSSR count). The van der Waals surface area contributed by atoms with Crippen LogP contribution in [0.15, 0.2) is 51.8 Å². The van der Waals surface area contributed by atoms with E-state index in [9.17, 15) is 13.2 Å². The normalized spacial score (nSPS) is 12.9. The van der Waals surface area contributed by atoms with Gasteiger partial charge in [-0.2, -0.15) is 0 Å². The van der Waals surface area contributed by atoms with Gasteiger partial charge in [0.25, 0.3) is 15.9 Å². The highest BCUT2D eigenvalue weighted by Crippen LogP contribution is 2.32. The summed E-state index contributed by atoms with van der Waals surface area (Å²) in [5, 5.41) is 0. The van der Waals surface area contributed by atoms with Gasteiger partial charge in [0.05, 0.1) is 4.90 Å². The van der Waals surface area contributed by atoms with Crippen molar-refractivity contribution in [2.45, 2.75) is 4.90 Å². The molecule has 0 saturated heterocycles. The summed E-state index contributed by atoms with van der Waals surface area (Å²) in [6, 6.07) is 10.7. The number of carbonyl (C=O) groups is 1. The molecule has 0 radical (unpaired) electrons. The van der Waals surface area contributed by atoms with E-state index in [-0.39, 0.29) is 17.3 Å². The Labute approximate surface area is 140 Å². The van der Waals surface area contributed by atoms with Crippen molar-refractivity contribution < 1.29 is 22.7 Å². The second-order valence-electron chi connectivity index (χ2n) is 4.59. The lowest BCUT2D eigenvalue weighted by molar-refractivity contribution is 0.0944. The molecule has 0 bridgehead atoms. The lowest BCUT2D eigenvalue weighted by atomic mass is 10.2. The van der Waals surface area contributed by atoms with E-state index in [0.29, 0.717) is 16.0 Å². The summed E-state index contributed by atoms with van der Waals surface area (Å²) in [5.41, 5.74) is 2.40. The molecule has 23 heavy (non-hydrogen) atoms. The molecule has 1 aliphatic rings. The molecule has 1 heterocycles. The van der Waals surface area contributed by atoms with Gasteiger partial charge in [-0.15, -0.1) is 4.83 Å². The van der Waals surface area contributed by atoms with Crippen LogP contribution in [0.3, 0.4) is 0 Å². The second kappa shape index (κ2) is 6.19. The first-order valence-electron chi connectivity index (χ1n) is 6.43. The third-order valence-corrected chi connectivity index (χ3v) is 4.78. The zero-order chi connectivity index (χ0) is 16.4. The summed E-state index contributed by atoms with van der Waals surface area (Å²) in [6.45, 7) is 0.0932. The van der Waals surface area contributed by atoms with Crippen LogP contribution in [-0.2, 0) is 10.0 Å². The first kappa shape index (κ1) is 15.8. The summed E-state index contributed by atoms with van der Waals surface area (Å²) in [6.07, 6.45) is 0. The number of hydrazine groups is 1. The van der Waals surface area contributed by atoms with Crippen LogP contribution in [0.25, 0.3) is 0 Å². The number of hydrogen-bond donors (Lipinski definition) is 2. The van der Waals surface area contributed by atoms with Crippen LogP contribution < -0.4 is 19.7 Å². The standard InChI is InChI=1S/C14H11BrN2O5S/c15-10-2-1-3-11(7-10)23(19,20)17-16-14(18)9-4-5-12-13(6-9)22-8-21-12/h1-7,17H,8H2,(H,16,18). The third-order valence-electron chi connectivity index (χ3n) is 3.04. The molecule has 0 saturated carbocycles. The van der Waals surface area contributed by atoms with Crippen LogP contribution in [0.1, 0.15) is 10.4 Å². The molecule has 0 spiro atoms. The van der Waals surface area contributed by atoms with E-state index in [2.05, 4.69) is 21.4 Å². The predicted molar refractivity (Wildman–Crippen MR) is 84.5 cm³/mol. The molecular formula is C14H11BrN2O5S. The molecule has 0 fully saturated rings. The van der Waals surface area contributed by atoms with Crippen LogP contribution in [0.5, 0.6) is 11.5 Å². The molecule has 9 heteroatoms. The van der Waals surface area contributed by atoms with E-state index in [1.807, 2.05) is 4.83 Å². The van der Waals surface area contributed by atoms with Gasteiger partial charge in [-0.1, -0.05) is 22.0 Å². The summed E-state index contributed by atoms with van der Waals surface area (Å²) in [7, 11) is -3.87. The van der Waals surface area contributed by atoms with Crippen molar-refractivity contribution in [3.8, 4) is 11.5 Å². The Balaban J connectivity index is 1.71. The molecule has 1 amide bonds. The fourth-order valence-corrected chi connectivity index (χ4v) is 3.35. The minimum Gasteiger partial charge on any atom is -0.454 e. The fraction of sp³-hybridized carbons (Fsp3) is 0.0714. The smallest absolute Gasteiger partial charge is 0.266 e. The maximum atomic E-state index is 12.1. The molecule has 120 valence electrons. The zero-order valence-electron chi connectivity index (χ0n) is 11.6. The van der Waals surface area contributed by atoms with Gasteiger partial charge >= 0.3 is 0 Å². The largest absolute Gasteiger partial charge is 0.454 e. The van der Waals surface area contributed by atoms with Gasteiger partial charge in [0.15, 0.2) is 11.5 Å². The Morgan fingerprint density at radius 3 is 2.65 bits per heavy atom. The monoisotopic (exact) mass is 398 g/mol. The third kappa shape index (κ3) is 3.46. The Kier molecular flexibility index (Phi) is 4.24. The molecular weight excluding hydrogens is 388 g/mol. The fourth-order valence-electron chi connectivity index (χ4n) is 1.92. The highest BCUT2D eigenvalue weighted by atomic mass is 79.9. The first-order chi connectivity index (χ1) is 11.0. The average molecular weight is 399 g/mol.